The average molecular weight is 224 g/mol. The van der Waals surface area contributed by atoms with Gasteiger partial charge in [-0.2, -0.15) is 0 Å². The van der Waals surface area contributed by atoms with E-state index in [2.05, 4.69) is 19.8 Å². The molecule has 16 heavy (non-hydrogen) atoms. The SMILES string of the molecule is C#CCC(N)C(=O)N(CC)CC(CC)CC. The normalized spacial score (nSPS) is 12.2. The Kier molecular flexibility index (Phi) is 7.66. The molecule has 0 rings (SSSR count). The molecule has 0 aliphatic rings. The summed E-state index contributed by atoms with van der Waals surface area (Å²) in [6.07, 6.45) is 7.66. The second-order valence-electron chi connectivity index (χ2n) is 4.07. The predicted octanol–water partition coefficient (Wildman–Crippen LogP) is 1.62. The van der Waals surface area contributed by atoms with Crippen molar-refractivity contribution >= 4 is 5.91 Å². The smallest absolute Gasteiger partial charge is 0.240 e. The summed E-state index contributed by atoms with van der Waals surface area (Å²) in [7, 11) is 0. The molecule has 0 saturated carbocycles. The molecule has 0 heterocycles. The summed E-state index contributed by atoms with van der Waals surface area (Å²) in [6, 6.07) is -0.542. The molecule has 0 radical (unpaired) electrons. The molecule has 1 unspecified atom stereocenters. The van der Waals surface area contributed by atoms with Crippen LogP contribution in [0.25, 0.3) is 0 Å². The summed E-state index contributed by atoms with van der Waals surface area (Å²) in [5, 5.41) is 0. The van der Waals surface area contributed by atoms with Crippen molar-refractivity contribution < 1.29 is 4.79 Å². The molecule has 0 saturated heterocycles. The van der Waals surface area contributed by atoms with Gasteiger partial charge in [-0.3, -0.25) is 4.79 Å². The van der Waals surface area contributed by atoms with Crippen LogP contribution in [-0.4, -0.2) is 29.9 Å². The maximum Gasteiger partial charge on any atom is 0.240 e. The molecule has 0 fully saturated rings. The number of carbonyl (C=O) groups is 1. The van der Waals surface area contributed by atoms with E-state index < -0.39 is 6.04 Å². The second kappa shape index (κ2) is 8.18. The number of terminal acetylenes is 1. The molecule has 0 spiro atoms. The lowest BCUT2D eigenvalue weighted by Gasteiger charge is -2.27. The molecule has 3 nitrogen and oxygen atoms in total. The van der Waals surface area contributed by atoms with Gasteiger partial charge in [0.15, 0.2) is 0 Å². The number of carbonyl (C=O) groups excluding carboxylic acids is 1. The van der Waals surface area contributed by atoms with Crippen molar-refractivity contribution in [1.82, 2.24) is 4.90 Å². The van der Waals surface area contributed by atoms with Crippen molar-refractivity contribution in [1.29, 1.82) is 0 Å². The standard InChI is InChI=1S/C13H24N2O/c1-5-9-12(14)13(16)15(8-4)10-11(6-2)7-3/h1,11-12H,6-10,14H2,2-4H3. The molecule has 2 N–H and O–H groups in total. The Labute approximate surface area is 99.4 Å². The molecular weight excluding hydrogens is 200 g/mol. The Morgan fingerprint density at radius 1 is 1.38 bits per heavy atom. The minimum Gasteiger partial charge on any atom is -0.341 e. The molecule has 0 aliphatic carbocycles. The van der Waals surface area contributed by atoms with Crippen LogP contribution in [0.3, 0.4) is 0 Å². The van der Waals surface area contributed by atoms with E-state index in [-0.39, 0.29) is 5.91 Å². The van der Waals surface area contributed by atoms with E-state index in [1.807, 2.05) is 11.8 Å². The lowest BCUT2D eigenvalue weighted by Crippen LogP contribution is -2.45. The van der Waals surface area contributed by atoms with Gasteiger partial charge in [-0.25, -0.2) is 0 Å². The zero-order valence-electron chi connectivity index (χ0n) is 10.7. The minimum absolute atomic E-state index is 0.0210. The van der Waals surface area contributed by atoms with Crippen LogP contribution in [0.1, 0.15) is 40.0 Å². The van der Waals surface area contributed by atoms with Gasteiger partial charge in [0.1, 0.15) is 0 Å². The van der Waals surface area contributed by atoms with Crippen LogP contribution in [0.15, 0.2) is 0 Å². The monoisotopic (exact) mass is 224 g/mol. The van der Waals surface area contributed by atoms with E-state index in [0.717, 1.165) is 19.4 Å². The van der Waals surface area contributed by atoms with E-state index in [1.54, 1.807) is 0 Å². The zero-order chi connectivity index (χ0) is 12.6. The van der Waals surface area contributed by atoms with Crippen molar-refractivity contribution in [3.63, 3.8) is 0 Å². The van der Waals surface area contributed by atoms with Gasteiger partial charge in [-0.05, 0) is 12.8 Å². The molecule has 0 aromatic rings. The molecule has 92 valence electrons. The van der Waals surface area contributed by atoms with Crippen molar-refractivity contribution in [3.05, 3.63) is 0 Å². The fraction of sp³-hybridized carbons (Fsp3) is 0.769. The van der Waals surface area contributed by atoms with Crippen LogP contribution in [-0.2, 0) is 4.79 Å². The zero-order valence-corrected chi connectivity index (χ0v) is 10.7. The predicted molar refractivity (Wildman–Crippen MR) is 67.8 cm³/mol. The number of hydrogen-bond acceptors (Lipinski definition) is 2. The van der Waals surface area contributed by atoms with E-state index in [4.69, 9.17) is 12.2 Å². The van der Waals surface area contributed by atoms with Gasteiger partial charge in [-0.15, -0.1) is 12.3 Å². The van der Waals surface area contributed by atoms with E-state index in [0.29, 0.717) is 18.9 Å². The number of amides is 1. The Morgan fingerprint density at radius 2 is 1.94 bits per heavy atom. The minimum atomic E-state index is -0.542. The lowest BCUT2D eigenvalue weighted by atomic mass is 10.0. The van der Waals surface area contributed by atoms with Crippen LogP contribution >= 0.6 is 0 Å². The molecule has 0 aliphatic heterocycles. The maximum atomic E-state index is 11.9. The Bertz CT molecular complexity index is 241. The van der Waals surface area contributed by atoms with Crippen molar-refractivity contribution in [2.75, 3.05) is 13.1 Å². The van der Waals surface area contributed by atoms with Crippen LogP contribution in [0.2, 0.25) is 0 Å². The number of nitrogens with zero attached hydrogens (tertiary/aromatic N) is 1. The van der Waals surface area contributed by atoms with Gasteiger partial charge < -0.3 is 10.6 Å². The van der Waals surface area contributed by atoms with Crippen molar-refractivity contribution in [3.8, 4) is 12.3 Å². The summed E-state index contributed by atoms with van der Waals surface area (Å²) in [5.41, 5.74) is 5.73. The molecule has 0 aromatic heterocycles. The van der Waals surface area contributed by atoms with Gasteiger partial charge in [-0.1, -0.05) is 26.7 Å². The highest BCUT2D eigenvalue weighted by Gasteiger charge is 2.20. The van der Waals surface area contributed by atoms with Gasteiger partial charge in [0, 0.05) is 19.5 Å². The van der Waals surface area contributed by atoms with Crippen LogP contribution in [0.4, 0.5) is 0 Å². The second-order valence-corrected chi connectivity index (χ2v) is 4.07. The molecular formula is C13H24N2O. The van der Waals surface area contributed by atoms with Gasteiger partial charge in [0.2, 0.25) is 5.91 Å². The molecule has 0 bridgehead atoms. The largest absolute Gasteiger partial charge is 0.341 e. The first-order chi connectivity index (χ1) is 7.60. The van der Waals surface area contributed by atoms with Gasteiger partial charge in [0.05, 0.1) is 6.04 Å². The molecule has 0 aromatic carbocycles. The topological polar surface area (TPSA) is 46.3 Å². The lowest BCUT2D eigenvalue weighted by molar-refractivity contribution is -0.133. The fourth-order valence-corrected chi connectivity index (χ4v) is 1.68. The third kappa shape index (κ3) is 4.67. The number of likely N-dealkylation sites (N-methyl/N-ethyl adjacent to an activating group) is 1. The maximum absolute atomic E-state index is 11.9. The van der Waals surface area contributed by atoms with E-state index >= 15 is 0 Å². The first kappa shape index (κ1) is 15.0. The summed E-state index contributed by atoms with van der Waals surface area (Å²) >= 11 is 0. The molecule has 1 amide bonds. The third-order valence-corrected chi connectivity index (χ3v) is 2.98. The van der Waals surface area contributed by atoms with Crippen molar-refractivity contribution in [2.45, 2.75) is 46.1 Å². The third-order valence-electron chi connectivity index (χ3n) is 2.98. The van der Waals surface area contributed by atoms with E-state index in [9.17, 15) is 4.79 Å². The van der Waals surface area contributed by atoms with E-state index in [1.165, 1.54) is 0 Å². The number of rotatable bonds is 7. The highest BCUT2D eigenvalue weighted by atomic mass is 16.2. The highest BCUT2D eigenvalue weighted by molar-refractivity contribution is 5.81. The van der Waals surface area contributed by atoms with Gasteiger partial charge >= 0.3 is 0 Å². The van der Waals surface area contributed by atoms with Gasteiger partial charge in [0.25, 0.3) is 0 Å². The van der Waals surface area contributed by atoms with Crippen LogP contribution in [0.5, 0.6) is 0 Å². The summed E-state index contributed by atoms with van der Waals surface area (Å²) < 4.78 is 0. The van der Waals surface area contributed by atoms with Crippen molar-refractivity contribution in [2.24, 2.45) is 11.7 Å². The quantitative estimate of drug-likeness (QED) is 0.668. The number of nitrogens with two attached hydrogens (primary N) is 1. The summed E-state index contributed by atoms with van der Waals surface area (Å²) in [4.78, 5) is 13.8. The fourth-order valence-electron chi connectivity index (χ4n) is 1.68. The molecule has 3 heteroatoms. The first-order valence-corrected chi connectivity index (χ1v) is 6.08. The van der Waals surface area contributed by atoms with Crippen LogP contribution in [0, 0.1) is 18.3 Å². The summed E-state index contributed by atoms with van der Waals surface area (Å²) in [6.45, 7) is 7.76. The highest BCUT2D eigenvalue weighted by Crippen LogP contribution is 2.10. The summed E-state index contributed by atoms with van der Waals surface area (Å²) in [5.74, 6) is 2.97. The number of hydrogen-bond donors (Lipinski definition) is 1. The Morgan fingerprint density at radius 3 is 2.31 bits per heavy atom. The van der Waals surface area contributed by atoms with Crippen LogP contribution < -0.4 is 5.73 Å². The Hall–Kier alpha value is -1.01. The Balaban J connectivity index is 4.37. The average Bonchev–Trinajstić information content (AvgIpc) is 2.30. The first-order valence-electron chi connectivity index (χ1n) is 6.08. The molecule has 1 atom stereocenters.